The van der Waals surface area contributed by atoms with Crippen molar-refractivity contribution < 1.29 is 4.79 Å². The Morgan fingerprint density at radius 3 is 2.80 bits per heavy atom. The zero-order valence-electron chi connectivity index (χ0n) is 12.8. The predicted molar refractivity (Wildman–Crippen MR) is 84.3 cm³/mol. The van der Waals surface area contributed by atoms with Gasteiger partial charge in [-0.3, -0.25) is 4.79 Å². The first-order valence-corrected chi connectivity index (χ1v) is 7.91. The lowest BCUT2D eigenvalue weighted by molar-refractivity contribution is -0.125. The van der Waals surface area contributed by atoms with Gasteiger partial charge in [-0.15, -0.1) is 0 Å². The molecule has 110 valence electrons. The average molecular weight is 273 g/mol. The molecule has 0 saturated heterocycles. The highest BCUT2D eigenvalue weighted by Gasteiger charge is 2.29. The van der Waals surface area contributed by atoms with Crippen LogP contribution in [-0.2, 0) is 4.79 Å². The van der Waals surface area contributed by atoms with E-state index < -0.39 is 0 Å². The van der Waals surface area contributed by atoms with Crippen LogP contribution >= 0.6 is 0 Å². The van der Waals surface area contributed by atoms with Crippen molar-refractivity contribution in [2.24, 2.45) is 11.8 Å². The molecule has 0 aromatic rings. The number of carbonyl (C=O) groups excluding carboxylic acids is 1. The smallest absolute Gasteiger partial charge is 0.223 e. The normalized spacial score (nSPS) is 30.8. The molecule has 20 heavy (non-hydrogen) atoms. The zero-order chi connectivity index (χ0) is 14.5. The molecule has 0 spiro atoms. The molecule has 0 aromatic carbocycles. The molecule has 1 amide bonds. The average Bonchev–Trinajstić information content (AvgIpc) is 2.86. The Labute approximate surface area is 123 Å². The quantitative estimate of drug-likeness (QED) is 0.766. The lowest BCUT2D eigenvalue weighted by Crippen LogP contribution is -2.40. The van der Waals surface area contributed by atoms with Crippen molar-refractivity contribution in [2.45, 2.75) is 58.4 Å². The van der Waals surface area contributed by atoms with E-state index in [1.807, 2.05) is 12.2 Å². The molecule has 1 N–H and O–H groups in total. The largest absolute Gasteiger partial charge is 0.349 e. The summed E-state index contributed by atoms with van der Waals surface area (Å²) in [7, 11) is 0. The van der Waals surface area contributed by atoms with Gasteiger partial charge in [0.1, 0.15) is 0 Å². The Morgan fingerprint density at radius 1 is 1.35 bits per heavy atom. The molecule has 0 heterocycles. The molecule has 0 radical (unpaired) electrons. The van der Waals surface area contributed by atoms with Crippen LogP contribution in [0.25, 0.3) is 0 Å². The van der Waals surface area contributed by atoms with Crippen molar-refractivity contribution in [3.8, 4) is 0 Å². The van der Waals surface area contributed by atoms with Gasteiger partial charge in [-0.25, -0.2) is 0 Å². The van der Waals surface area contributed by atoms with Crippen molar-refractivity contribution in [1.29, 1.82) is 0 Å². The summed E-state index contributed by atoms with van der Waals surface area (Å²) in [6, 6.07) is 0.233. The van der Waals surface area contributed by atoms with E-state index >= 15 is 0 Å². The minimum atomic E-state index is 0.233. The van der Waals surface area contributed by atoms with Crippen LogP contribution in [0.2, 0.25) is 0 Å². The second kappa shape index (κ2) is 6.92. The number of allylic oxidation sites excluding steroid dienone is 4. The lowest BCUT2D eigenvalue weighted by atomic mass is 9.88. The first kappa shape index (κ1) is 15.1. The molecule has 2 heteroatoms. The lowest BCUT2D eigenvalue weighted by Gasteiger charge is -2.27. The highest BCUT2D eigenvalue weighted by atomic mass is 16.1. The molecule has 2 nitrogen and oxygen atoms in total. The monoisotopic (exact) mass is 273 g/mol. The van der Waals surface area contributed by atoms with Gasteiger partial charge in [0.05, 0.1) is 6.04 Å². The van der Waals surface area contributed by atoms with E-state index in [0.29, 0.717) is 5.92 Å². The van der Waals surface area contributed by atoms with Crippen LogP contribution < -0.4 is 5.32 Å². The summed E-state index contributed by atoms with van der Waals surface area (Å²) in [6.45, 7) is 8.12. The molecule has 0 aromatic heterocycles. The topological polar surface area (TPSA) is 29.1 Å². The summed E-state index contributed by atoms with van der Waals surface area (Å²) in [5.74, 6) is 1.22. The van der Waals surface area contributed by atoms with Crippen LogP contribution in [0.15, 0.2) is 36.0 Å². The van der Waals surface area contributed by atoms with Gasteiger partial charge < -0.3 is 5.32 Å². The van der Waals surface area contributed by atoms with Gasteiger partial charge in [0, 0.05) is 5.92 Å². The van der Waals surface area contributed by atoms with Crippen molar-refractivity contribution >= 4 is 5.91 Å². The SMILES string of the molecule is C=C/C=C\C1=C(C)C(NC(=O)C2CCC(C)C2)CCC1. The van der Waals surface area contributed by atoms with Gasteiger partial charge in [0.15, 0.2) is 0 Å². The minimum Gasteiger partial charge on any atom is -0.349 e. The van der Waals surface area contributed by atoms with Crippen molar-refractivity contribution in [3.63, 3.8) is 0 Å². The fourth-order valence-corrected chi connectivity index (χ4v) is 3.45. The molecule has 3 atom stereocenters. The summed E-state index contributed by atoms with van der Waals surface area (Å²) < 4.78 is 0. The molecule has 0 aliphatic heterocycles. The molecule has 2 aliphatic rings. The van der Waals surface area contributed by atoms with Gasteiger partial charge in [-0.2, -0.15) is 0 Å². The molecular weight excluding hydrogens is 246 g/mol. The van der Waals surface area contributed by atoms with E-state index in [1.54, 1.807) is 0 Å². The highest BCUT2D eigenvalue weighted by molar-refractivity contribution is 5.79. The van der Waals surface area contributed by atoms with E-state index in [1.165, 1.54) is 17.6 Å². The molecule has 3 unspecified atom stereocenters. The Morgan fingerprint density at radius 2 is 2.15 bits per heavy atom. The summed E-state index contributed by atoms with van der Waals surface area (Å²) in [4.78, 5) is 12.4. The summed E-state index contributed by atoms with van der Waals surface area (Å²) in [5.41, 5.74) is 2.69. The van der Waals surface area contributed by atoms with Crippen LogP contribution in [0.4, 0.5) is 0 Å². The molecule has 1 fully saturated rings. The molecule has 2 aliphatic carbocycles. The fraction of sp³-hybridized carbons (Fsp3) is 0.611. The number of rotatable bonds is 4. The second-order valence-corrected chi connectivity index (χ2v) is 6.37. The van der Waals surface area contributed by atoms with Gasteiger partial charge in [0.25, 0.3) is 0 Å². The van der Waals surface area contributed by atoms with Gasteiger partial charge >= 0.3 is 0 Å². The van der Waals surface area contributed by atoms with Crippen LogP contribution in [0.3, 0.4) is 0 Å². The zero-order valence-corrected chi connectivity index (χ0v) is 12.8. The van der Waals surface area contributed by atoms with E-state index in [-0.39, 0.29) is 17.9 Å². The second-order valence-electron chi connectivity index (χ2n) is 6.37. The van der Waals surface area contributed by atoms with Gasteiger partial charge in [-0.05, 0) is 62.5 Å². The predicted octanol–water partition coefficient (Wildman–Crippen LogP) is 4.15. The molecule has 1 saturated carbocycles. The van der Waals surface area contributed by atoms with Gasteiger partial charge in [0.2, 0.25) is 5.91 Å². The maximum Gasteiger partial charge on any atom is 0.223 e. The van der Waals surface area contributed by atoms with Crippen molar-refractivity contribution in [2.75, 3.05) is 0 Å². The van der Waals surface area contributed by atoms with E-state index in [2.05, 4.69) is 31.8 Å². The van der Waals surface area contributed by atoms with Crippen LogP contribution in [-0.4, -0.2) is 11.9 Å². The first-order valence-electron chi connectivity index (χ1n) is 7.91. The van der Waals surface area contributed by atoms with E-state index in [0.717, 1.165) is 32.1 Å². The van der Waals surface area contributed by atoms with E-state index in [9.17, 15) is 4.79 Å². The van der Waals surface area contributed by atoms with Crippen molar-refractivity contribution in [3.05, 3.63) is 36.0 Å². The van der Waals surface area contributed by atoms with Crippen LogP contribution in [0.5, 0.6) is 0 Å². The highest BCUT2D eigenvalue weighted by Crippen LogP contribution is 2.31. The maximum atomic E-state index is 12.4. The third kappa shape index (κ3) is 3.62. The number of nitrogens with one attached hydrogen (secondary N) is 1. The van der Waals surface area contributed by atoms with Crippen molar-refractivity contribution in [1.82, 2.24) is 5.32 Å². The number of hydrogen-bond donors (Lipinski definition) is 1. The van der Waals surface area contributed by atoms with Gasteiger partial charge in [-0.1, -0.05) is 31.7 Å². The number of carbonyl (C=O) groups is 1. The summed E-state index contributed by atoms with van der Waals surface area (Å²) in [5, 5.41) is 3.28. The van der Waals surface area contributed by atoms with E-state index in [4.69, 9.17) is 0 Å². The van der Waals surface area contributed by atoms with Crippen LogP contribution in [0, 0.1) is 11.8 Å². The third-order valence-corrected chi connectivity index (χ3v) is 4.78. The minimum absolute atomic E-state index is 0.233. The first-order chi connectivity index (χ1) is 9.61. The maximum absolute atomic E-state index is 12.4. The Bertz CT molecular complexity index is 433. The molecule has 0 bridgehead atoms. The fourth-order valence-electron chi connectivity index (χ4n) is 3.45. The Hall–Kier alpha value is -1.31. The Kier molecular flexibility index (Phi) is 5.22. The van der Waals surface area contributed by atoms with Crippen LogP contribution in [0.1, 0.15) is 52.4 Å². The number of amides is 1. The third-order valence-electron chi connectivity index (χ3n) is 4.78. The summed E-state index contributed by atoms with van der Waals surface area (Å²) >= 11 is 0. The standard InChI is InChI=1S/C18H27NO/c1-4-5-7-15-8-6-9-17(14(15)3)19-18(20)16-11-10-13(2)12-16/h4-5,7,13,16-17H,1,6,8-12H2,2-3H3,(H,19,20)/b7-5-. The molecule has 2 rings (SSSR count). The number of hydrogen-bond acceptors (Lipinski definition) is 1. The Balaban J connectivity index is 1.99. The summed E-state index contributed by atoms with van der Waals surface area (Å²) in [6.07, 6.45) is 12.6. The molecular formula is C18H27NO.